The molecule has 1 aromatic carbocycles. The van der Waals surface area contributed by atoms with Gasteiger partial charge in [-0.25, -0.2) is 0 Å². The van der Waals surface area contributed by atoms with Crippen molar-refractivity contribution >= 4 is 35.8 Å². The van der Waals surface area contributed by atoms with Gasteiger partial charge < -0.3 is 20.3 Å². The van der Waals surface area contributed by atoms with Crippen molar-refractivity contribution in [3.05, 3.63) is 35.9 Å². The quantitative estimate of drug-likeness (QED) is 0.245. The van der Waals surface area contributed by atoms with Crippen LogP contribution < -0.4 is 10.6 Å². The van der Waals surface area contributed by atoms with Gasteiger partial charge in [-0.3, -0.25) is 14.7 Å². The van der Waals surface area contributed by atoms with Crippen LogP contribution in [0.2, 0.25) is 0 Å². The van der Waals surface area contributed by atoms with E-state index in [1.54, 1.807) is 14.2 Å². The summed E-state index contributed by atoms with van der Waals surface area (Å²) in [6.07, 6.45) is 1.10. The normalized spacial score (nSPS) is 16.2. The average molecular weight is 503 g/mol. The van der Waals surface area contributed by atoms with Crippen LogP contribution in [-0.2, 0) is 9.53 Å². The van der Waals surface area contributed by atoms with Crippen LogP contribution in [0.5, 0.6) is 0 Å². The van der Waals surface area contributed by atoms with Gasteiger partial charge in [0.05, 0.1) is 13.2 Å². The number of benzene rings is 1. The maximum absolute atomic E-state index is 11.8. The molecule has 1 aliphatic heterocycles. The molecular formula is C20H34IN5O2. The Morgan fingerprint density at radius 2 is 1.86 bits per heavy atom. The number of hydrogen-bond acceptors (Lipinski definition) is 4. The number of amides is 1. The number of aliphatic imine (C=N–C) groups is 1. The van der Waals surface area contributed by atoms with E-state index < -0.39 is 0 Å². The van der Waals surface area contributed by atoms with Crippen LogP contribution in [0.4, 0.5) is 0 Å². The van der Waals surface area contributed by atoms with E-state index in [-0.39, 0.29) is 36.4 Å². The topological polar surface area (TPSA) is 69.2 Å². The van der Waals surface area contributed by atoms with E-state index in [1.165, 1.54) is 5.56 Å². The van der Waals surface area contributed by atoms with Crippen molar-refractivity contribution in [2.75, 3.05) is 60.0 Å². The van der Waals surface area contributed by atoms with Crippen molar-refractivity contribution in [3.8, 4) is 0 Å². The van der Waals surface area contributed by atoms with E-state index in [1.807, 2.05) is 0 Å². The maximum Gasteiger partial charge on any atom is 0.239 e. The maximum atomic E-state index is 11.8. The van der Waals surface area contributed by atoms with E-state index in [4.69, 9.17) is 4.74 Å². The summed E-state index contributed by atoms with van der Waals surface area (Å²) in [5.74, 6) is 0.728. The Balaban J connectivity index is 0.00000392. The first-order valence-electron chi connectivity index (χ1n) is 9.69. The van der Waals surface area contributed by atoms with Crippen LogP contribution in [0.25, 0.3) is 0 Å². The van der Waals surface area contributed by atoms with Crippen molar-refractivity contribution in [2.24, 2.45) is 4.99 Å². The zero-order valence-corrected chi connectivity index (χ0v) is 19.5. The molecule has 1 aromatic rings. The van der Waals surface area contributed by atoms with Crippen LogP contribution in [-0.4, -0.2) is 81.7 Å². The molecule has 2 rings (SSSR count). The molecule has 1 fully saturated rings. The Morgan fingerprint density at radius 3 is 2.43 bits per heavy atom. The van der Waals surface area contributed by atoms with Gasteiger partial charge in [-0.1, -0.05) is 37.3 Å². The summed E-state index contributed by atoms with van der Waals surface area (Å²) < 4.78 is 4.93. The second-order valence-electron chi connectivity index (χ2n) is 6.60. The summed E-state index contributed by atoms with van der Waals surface area (Å²) >= 11 is 0. The lowest BCUT2D eigenvalue weighted by Crippen LogP contribution is -2.54. The number of piperazine rings is 1. The highest BCUT2D eigenvalue weighted by Crippen LogP contribution is 2.25. The third-order valence-corrected chi connectivity index (χ3v) is 4.87. The first kappa shape index (κ1) is 24.6. The molecule has 0 saturated carbocycles. The van der Waals surface area contributed by atoms with Gasteiger partial charge in [-0.2, -0.15) is 0 Å². The van der Waals surface area contributed by atoms with Gasteiger partial charge in [0.25, 0.3) is 0 Å². The second-order valence-corrected chi connectivity index (χ2v) is 6.60. The minimum atomic E-state index is -0.0537. The molecule has 158 valence electrons. The number of halogens is 1. The third kappa shape index (κ3) is 7.56. The van der Waals surface area contributed by atoms with Crippen molar-refractivity contribution in [2.45, 2.75) is 19.4 Å². The number of hydrogen-bond donors (Lipinski definition) is 2. The molecule has 8 heteroatoms. The van der Waals surface area contributed by atoms with Gasteiger partial charge in [0.15, 0.2) is 5.96 Å². The molecule has 1 aliphatic rings. The van der Waals surface area contributed by atoms with Crippen LogP contribution in [0.1, 0.15) is 24.9 Å². The fourth-order valence-electron chi connectivity index (χ4n) is 3.47. The van der Waals surface area contributed by atoms with Crippen LogP contribution in [0.15, 0.2) is 35.3 Å². The fraction of sp³-hybridized carbons (Fsp3) is 0.600. The first-order valence-corrected chi connectivity index (χ1v) is 9.69. The summed E-state index contributed by atoms with van der Waals surface area (Å²) in [6, 6.07) is 11.2. The number of carbonyl (C=O) groups excluding carboxylic acids is 1. The highest BCUT2D eigenvalue weighted by Gasteiger charge is 2.25. The number of guanidine groups is 1. The molecule has 2 N–H and O–H groups in total. The standard InChI is InChI=1S/C20H33N5O2.HI/c1-4-18(17-8-6-5-7-9-17)24-11-13-25(14-12-24)20(21-2)23-16-19(26)22-10-15-27-3;/h5-9,18H,4,10-16H2,1-3H3,(H,21,23)(H,22,26);1H. The minimum Gasteiger partial charge on any atom is -0.383 e. The lowest BCUT2D eigenvalue weighted by molar-refractivity contribution is -0.120. The van der Waals surface area contributed by atoms with Gasteiger partial charge in [0.2, 0.25) is 5.91 Å². The molecule has 1 amide bonds. The monoisotopic (exact) mass is 503 g/mol. The highest BCUT2D eigenvalue weighted by atomic mass is 127. The summed E-state index contributed by atoms with van der Waals surface area (Å²) in [7, 11) is 3.38. The Kier molecular flexibility index (Phi) is 12.1. The molecular weight excluding hydrogens is 469 g/mol. The SMILES string of the molecule is CCC(c1ccccc1)N1CCN(C(=NC)NCC(=O)NCCOC)CC1.I. The molecule has 0 aromatic heterocycles. The van der Waals surface area contributed by atoms with E-state index in [0.717, 1.165) is 38.6 Å². The van der Waals surface area contributed by atoms with Crippen LogP contribution in [0.3, 0.4) is 0 Å². The zero-order valence-electron chi connectivity index (χ0n) is 17.2. The van der Waals surface area contributed by atoms with Crippen LogP contribution >= 0.6 is 24.0 Å². The summed E-state index contributed by atoms with van der Waals surface area (Å²) in [5.41, 5.74) is 1.38. The fourth-order valence-corrected chi connectivity index (χ4v) is 3.47. The number of rotatable bonds is 8. The zero-order chi connectivity index (χ0) is 19.5. The predicted molar refractivity (Wildman–Crippen MR) is 124 cm³/mol. The highest BCUT2D eigenvalue weighted by molar-refractivity contribution is 14.0. The molecule has 0 radical (unpaired) electrons. The molecule has 1 heterocycles. The largest absolute Gasteiger partial charge is 0.383 e. The van der Waals surface area contributed by atoms with Crippen molar-refractivity contribution in [1.82, 2.24) is 20.4 Å². The minimum absolute atomic E-state index is 0. The molecule has 28 heavy (non-hydrogen) atoms. The van der Waals surface area contributed by atoms with Crippen LogP contribution in [0, 0.1) is 0 Å². The summed E-state index contributed by atoms with van der Waals surface area (Å²) in [5, 5.41) is 5.97. The molecule has 0 bridgehead atoms. The number of nitrogens with zero attached hydrogens (tertiary/aromatic N) is 3. The lowest BCUT2D eigenvalue weighted by Gasteiger charge is -2.40. The Morgan fingerprint density at radius 1 is 1.18 bits per heavy atom. The van der Waals surface area contributed by atoms with Gasteiger partial charge >= 0.3 is 0 Å². The molecule has 1 atom stereocenters. The van der Waals surface area contributed by atoms with Crippen molar-refractivity contribution in [3.63, 3.8) is 0 Å². The van der Waals surface area contributed by atoms with Gasteiger partial charge in [-0.05, 0) is 12.0 Å². The molecule has 0 aliphatic carbocycles. The lowest BCUT2D eigenvalue weighted by atomic mass is 10.0. The van der Waals surface area contributed by atoms with Gasteiger partial charge in [0, 0.05) is 52.9 Å². The van der Waals surface area contributed by atoms with E-state index in [9.17, 15) is 4.79 Å². The average Bonchev–Trinajstić information content (AvgIpc) is 2.71. The predicted octanol–water partition coefficient (Wildman–Crippen LogP) is 1.71. The Hall–Kier alpha value is -1.39. The van der Waals surface area contributed by atoms with E-state index in [0.29, 0.717) is 19.2 Å². The number of methoxy groups -OCH3 is 1. The van der Waals surface area contributed by atoms with Gasteiger partial charge in [0.1, 0.15) is 0 Å². The van der Waals surface area contributed by atoms with E-state index >= 15 is 0 Å². The molecule has 1 saturated heterocycles. The third-order valence-electron chi connectivity index (χ3n) is 4.87. The number of carbonyl (C=O) groups is 1. The molecule has 7 nitrogen and oxygen atoms in total. The van der Waals surface area contributed by atoms with Gasteiger partial charge in [-0.15, -0.1) is 24.0 Å². The Bertz CT molecular complexity index is 592. The smallest absolute Gasteiger partial charge is 0.239 e. The first-order chi connectivity index (χ1) is 13.2. The van der Waals surface area contributed by atoms with E-state index in [2.05, 4.69) is 62.7 Å². The number of ether oxygens (including phenoxy) is 1. The second kappa shape index (κ2) is 13.7. The summed E-state index contributed by atoms with van der Waals surface area (Å²) in [4.78, 5) is 20.9. The number of nitrogens with one attached hydrogen (secondary N) is 2. The Labute approximate surface area is 185 Å². The van der Waals surface area contributed by atoms with Crippen molar-refractivity contribution < 1.29 is 9.53 Å². The molecule has 1 unspecified atom stereocenters. The molecule has 0 spiro atoms. The van der Waals surface area contributed by atoms with Crippen molar-refractivity contribution in [1.29, 1.82) is 0 Å². The summed E-state index contributed by atoms with van der Waals surface area (Å²) in [6.45, 7) is 7.25.